The van der Waals surface area contributed by atoms with Crippen molar-refractivity contribution in [2.24, 2.45) is 11.8 Å². The van der Waals surface area contributed by atoms with E-state index in [4.69, 9.17) is 0 Å². The Labute approximate surface area is 372 Å². The summed E-state index contributed by atoms with van der Waals surface area (Å²) in [6, 6.07) is 22.6. The van der Waals surface area contributed by atoms with E-state index < -0.39 is 0 Å². The van der Waals surface area contributed by atoms with Crippen molar-refractivity contribution in [3.8, 4) is 11.8 Å². The van der Waals surface area contributed by atoms with Crippen LogP contribution in [0.15, 0.2) is 164 Å². The smallest absolute Gasteiger partial charge is 0.0111 e. The standard InChI is InChI=1S/C51H54.C4H8.C4H6.C2H6/c1-11-18-19-23-45-43(21-12-2)50(47-32-31-41(35(9)14-4)49-36(10)22-20-24-44(47)49)39(16-6)40(17-7)51(45)46-30-28-38-27-26-37(15-5)33-48(38)42(46)29-25-34(8)13-3;2*1-3-4-2;1-2/h11-12,14-18,20-22,24-34,45H,2,5-7,13,19,23H2,1,3-4,8-10H3;3-4H,1-2H3;1-2H3;1-2H3/b18-11?,29-25-,35-14+,43-21+;;;. The Hall–Kier alpha value is -5.90. The summed E-state index contributed by atoms with van der Waals surface area (Å²) in [7, 11) is 0. The van der Waals surface area contributed by atoms with Crippen LogP contribution in [0.4, 0.5) is 0 Å². The zero-order valence-corrected chi connectivity index (χ0v) is 39.8. The molecular weight excluding hydrogens is 733 g/mol. The average Bonchev–Trinajstić information content (AvgIpc) is 3.30. The van der Waals surface area contributed by atoms with Crippen LogP contribution in [-0.4, -0.2) is 0 Å². The first-order valence-electron chi connectivity index (χ1n) is 22.2. The van der Waals surface area contributed by atoms with Crippen LogP contribution in [0, 0.1) is 30.6 Å². The summed E-state index contributed by atoms with van der Waals surface area (Å²) >= 11 is 0. The molecule has 0 heteroatoms. The lowest BCUT2D eigenvalue weighted by atomic mass is 9.68. The van der Waals surface area contributed by atoms with Crippen molar-refractivity contribution >= 4 is 50.4 Å². The monoisotopic (exact) mass is 807 g/mol. The van der Waals surface area contributed by atoms with Crippen LogP contribution in [0.1, 0.15) is 129 Å². The van der Waals surface area contributed by atoms with Gasteiger partial charge in [-0.3, -0.25) is 0 Å². The predicted molar refractivity (Wildman–Crippen MR) is 282 cm³/mol. The highest BCUT2D eigenvalue weighted by Crippen LogP contribution is 2.52. The molecule has 0 saturated carbocycles. The molecule has 2 atom stereocenters. The lowest BCUT2D eigenvalue weighted by molar-refractivity contribution is 0.701. The van der Waals surface area contributed by atoms with Crippen LogP contribution in [-0.2, 0) is 0 Å². The molecule has 4 aromatic rings. The van der Waals surface area contributed by atoms with Crippen LogP contribution >= 0.6 is 0 Å². The van der Waals surface area contributed by atoms with Gasteiger partial charge in [0.05, 0.1) is 0 Å². The highest BCUT2D eigenvalue weighted by molar-refractivity contribution is 6.09. The third-order valence-electron chi connectivity index (χ3n) is 11.2. The molecular formula is C61H74. The topological polar surface area (TPSA) is 0 Å². The first-order chi connectivity index (χ1) is 29.6. The summed E-state index contributed by atoms with van der Waals surface area (Å²) in [6.45, 7) is 42.1. The van der Waals surface area contributed by atoms with Gasteiger partial charge in [0.15, 0.2) is 0 Å². The van der Waals surface area contributed by atoms with Gasteiger partial charge in [0.2, 0.25) is 0 Å². The van der Waals surface area contributed by atoms with E-state index >= 15 is 0 Å². The van der Waals surface area contributed by atoms with E-state index in [-0.39, 0.29) is 5.92 Å². The molecule has 0 spiro atoms. The summed E-state index contributed by atoms with van der Waals surface area (Å²) in [5, 5.41) is 4.99. The SMILES string of the molecule is C=C/C=C1/C(c2ccc(/C(C)=C/C)c3c(C)cccc23)=C(C=C)C(C=C)=C(c2ccc3ccc(C=C)cc3c2/C=C\C(C)CC)C1CCC=CC.CC.CC#CC.CC=CC. The first kappa shape index (κ1) is 51.2. The molecule has 318 valence electrons. The van der Waals surface area contributed by atoms with Crippen molar-refractivity contribution in [2.45, 2.75) is 102 Å². The number of rotatable bonds is 13. The highest BCUT2D eigenvalue weighted by Gasteiger charge is 2.34. The average molecular weight is 807 g/mol. The maximum absolute atomic E-state index is 4.49. The fourth-order valence-electron chi connectivity index (χ4n) is 7.66. The third kappa shape index (κ3) is 12.6. The molecule has 0 heterocycles. The van der Waals surface area contributed by atoms with Gasteiger partial charge >= 0.3 is 0 Å². The van der Waals surface area contributed by atoms with Crippen LogP contribution in [0.2, 0.25) is 0 Å². The Morgan fingerprint density at radius 1 is 0.787 bits per heavy atom. The second-order valence-corrected chi connectivity index (χ2v) is 14.8. The molecule has 0 N–H and O–H groups in total. The number of benzene rings is 4. The minimum absolute atomic E-state index is 0.0819. The Bertz CT molecular complexity index is 2410. The number of hydrogen-bond donors (Lipinski definition) is 0. The molecule has 0 amide bonds. The quantitative estimate of drug-likeness (QED) is 0.0932. The van der Waals surface area contributed by atoms with E-state index in [0.29, 0.717) is 5.92 Å². The van der Waals surface area contributed by atoms with Gasteiger partial charge in [-0.15, -0.1) is 11.8 Å². The van der Waals surface area contributed by atoms with Crippen molar-refractivity contribution in [1.82, 2.24) is 0 Å². The van der Waals surface area contributed by atoms with Gasteiger partial charge in [-0.25, -0.2) is 0 Å². The third-order valence-corrected chi connectivity index (χ3v) is 11.2. The fourth-order valence-corrected chi connectivity index (χ4v) is 7.66. The maximum atomic E-state index is 4.49. The van der Waals surface area contributed by atoms with E-state index in [1.54, 1.807) is 0 Å². The second kappa shape index (κ2) is 27.0. The molecule has 2 unspecified atom stereocenters. The first-order valence-corrected chi connectivity index (χ1v) is 22.2. The van der Waals surface area contributed by atoms with Crippen molar-refractivity contribution in [3.05, 3.63) is 198 Å². The van der Waals surface area contributed by atoms with E-state index in [2.05, 4.69) is 183 Å². The van der Waals surface area contributed by atoms with Crippen LogP contribution < -0.4 is 0 Å². The predicted octanol–water partition coefficient (Wildman–Crippen LogP) is 18.7. The number of allylic oxidation sites excluding steroid dienone is 16. The molecule has 0 fully saturated rings. The van der Waals surface area contributed by atoms with Crippen molar-refractivity contribution < 1.29 is 0 Å². The lowest BCUT2D eigenvalue weighted by Gasteiger charge is -2.35. The minimum Gasteiger partial charge on any atom is -0.107 e. The van der Waals surface area contributed by atoms with Crippen molar-refractivity contribution in [2.75, 3.05) is 0 Å². The van der Waals surface area contributed by atoms with E-state index in [0.717, 1.165) is 36.0 Å². The minimum atomic E-state index is 0.0819. The van der Waals surface area contributed by atoms with Gasteiger partial charge in [-0.2, -0.15) is 0 Å². The molecule has 0 aromatic heterocycles. The Morgan fingerprint density at radius 2 is 1.44 bits per heavy atom. The lowest BCUT2D eigenvalue weighted by Crippen LogP contribution is -2.18. The Balaban J connectivity index is 0.00000116. The molecule has 4 aromatic carbocycles. The van der Waals surface area contributed by atoms with Crippen LogP contribution in [0.3, 0.4) is 0 Å². The molecule has 5 rings (SSSR count). The number of fused-ring (bicyclic) bond motifs is 2. The van der Waals surface area contributed by atoms with E-state index in [9.17, 15) is 0 Å². The summed E-state index contributed by atoms with van der Waals surface area (Å²) in [4.78, 5) is 0. The summed E-state index contributed by atoms with van der Waals surface area (Å²) < 4.78 is 0. The Kier molecular flexibility index (Phi) is 22.7. The van der Waals surface area contributed by atoms with Gasteiger partial charge in [-0.1, -0.05) is 188 Å². The molecule has 0 bridgehead atoms. The zero-order chi connectivity index (χ0) is 45.5. The van der Waals surface area contributed by atoms with E-state index in [1.165, 1.54) is 71.7 Å². The number of hydrogen-bond acceptors (Lipinski definition) is 0. The van der Waals surface area contributed by atoms with Gasteiger partial charge in [0.1, 0.15) is 0 Å². The summed E-state index contributed by atoms with van der Waals surface area (Å²) in [5.74, 6) is 5.90. The van der Waals surface area contributed by atoms with Gasteiger partial charge < -0.3 is 0 Å². The van der Waals surface area contributed by atoms with Crippen molar-refractivity contribution in [3.63, 3.8) is 0 Å². The van der Waals surface area contributed by atoms with Gasteiger partial charge in [0.25, 0.3) is 0 Å². The Morgan fingerprint density at radius 3 is 2.00 bits per heavy atom. The zero-order valence-electron chi connectivity index (χ0n) is 39.8. The maximum Gasteiger partial charge on any atom is 0.0111 e. The molecule has 0 aliphatic heterocycles. The molecule has 1 aliphatic rings. The van der Waals surface area contributed by atoms with Crippen LogP contribution in [0.5, 0.6) is 0 Å². The normalized spacial score (nSPS) is 15.1. The molecule has 0 nitrogen and oxygen atoms in total. The van der Waals surface area contributed by atoms with Crippen molar-refractivity contribution in [1.29, 1.82) is 0 Å². The van der Waals surface area contributed by atoms with Gasteiger partial charge in [-0.05, 0) is 169 Å². The van der Waals surface area contributed by atoms with E-state index in [1.807, 2.05) is 71.9 Å². The molecule has 0 saturated heterocycles. The summed E-state index contributed by atoms with van der Waals surface area (Å²) in [5.41, 5.74) is 14.6. The number of aryl methyl sites for hydroxylation is 1. The molecule has 1 aliphatic carbocycles. The van der Waals surface area contributed by atoms with Crippen LogP contribution in [0.25, 0.3) is 50.4 Å². The fraction of sp³-hybridized carbons (Fsp3) is 0.279. The molecule has 0 radical (unpaired) electrons. The van der Waals surface area contributed by atoms with Gasteiger partial charge in [0, 0.05) is 5.92 Å². The molecule has 61 heavy (non-hydrogen) atoms. The highest BCUT2D eigenvalue weighted by atomic mass is 14.4. The second-order valence-electron chi connectivity index (χ2n) is 14.8. The largest absolute Gasteiger partial charge is 0.107 e. The summed E-state index contributed by atoms with van der Waals surface area (Å²) in [6.07, 6.45) is 28.6.